The minimum atomic E-state index is -4.56. The van der Waals surface area contributed by atoms with Crippen LogP contribution in [0.1, 0.15) is 40.5 Å². The second-order valence-corrected chi connectivity index (χ2v) is 6.46. The molecule has 0 amide bonds. The minimum Gasteiger partial charge on any atom is -0.435 e. The summed E-state index contributed by atoms with van der Waals surface area (Å²) in [6, 6.07) is 0. The van der Waals surface area contributed by atoms with E-state index in [1.54, 1.807) is 11.8 Å². The SMILES string of the molecule is C=C(C)C(=O)OC(CCC)(CN(CC)CC)S(=O)(=O)O. The zero-order valence-corrected chi connectivity index (χ0v) is 13.5. The number of ether oxygens (including phenoxy) is 1. The Morgan fingerprint density at radius 1 is 1.30 bits per heavy atom. The van der Waals surface area contributed by atoms with E-state index < -0.39 is 21.0 Å². The maximum absolute atomic E-state index is 11.8. The molecule has 1 N–H and O–H groups in total. The number of rotatable bonds is 9. The van der Waals surface area contributed by atoms with Gasteiger partial charge < -0.3 is 4.74 Å². The molecule has 0 saturated carbocycles. The van der Waals surface area contributed by atoms with Crippen molar-refractivity contribution in [2.45, 2.75) is 45.5 Å². The molecule has 0 aliphatic heterocycles. The summed E-state index contributed by atoms with van der Waals surface area (Å²) in [6.07, 6.45) is 0.478. The number of hydrogen-bond acceptors (Lipinski definition) is 5. The van der Waals surface area contributed by atoms with Crippen LogP contribution in [0.5, 0.6) is 0 Å². The summed E-state index contributed by atoms with van der Waals surface area (Å²) in [4.78, 5) is 11.6. The Morgan fingerprint density at radius 3 is 2.10 bits per heavy atom. The summed E-state index contributed by atoms with van der Waals surface area (Å²) in [7, 11) is -4.56. The number of nitrogens with zero attached hydrogens (tertiary/aromatic N) is 1. The summed E-state index contributed by atoms with van der Waals surface area (Å²) in [5.41, 5.74) is 0.0914. The predicted molar refractivity (Wildman–Crippen MR) is 77.9 cm³/mol. The lowest BCUT2D eigenvalue weighted by atomic mass is 10.2. The van der Waals surface area contributed by atoms with Crippen LogP contribution in [-0.2, 0) is 19.6 Å². The van der Waals surface area contributed by atoms with Crippen molar-refractivity contribution in [3.8, 4) is 0 Å². The van der Waals surface area contributed by atoms with Crippen LogP contribution in [0, 0.1) is 0 Å². The highest BCUT2D eigenvalue weighted by molar-refractivity contribution is 7.87. The van der Waals surface area contributed by atoms with Crippen molar-refractivity contribution >= 4 is 16.1 Å². The highest BCUT2D eigenvalue weighted by atomic mass is 32.2. The molecule has 1 unspecified atom stereocenters. The molecule has 0 bridgehead atoms. The molecule has 0 fully saturated rings. The fraction of sp³-hybridized carbons (Fsp3) is 0.769. The van der Waals surface area contributed by atoms with Gasteiger partial charge in [0.05, 0.1) is 6.54 Å². The average molecular weight is 307 g/mol. The van der Waals surface area contributed by atoms with Crippen molar-refractivity contribution in [2.24, 2.45) is 0 Å². The van der Waals surface area contributed by atoms with E-state index in [1.807, 2.05) is 13.8 Å². The van der Waals surface area contributed by atoms with E-state index in [2.05, 4.69) is 6.58 Å². The van der Waals surface area contributed by atoms with Crippen molar-refractivity contribution in [1.82, 2.24) is 4.90 Å². The lowest BCUT2D eigenvalue weighted by Crippen LogP contribution is -2.52. The van der Waals surface area contributed by atoms with Crippen molar-refractivity contribution in [3.05, 3.63) is 12.2 Å². The third-order valence-corrected chi connectivity index (χ3v) is 4.44. The smallest absolute Gasteiger partial charge is 0.334 e. The van der Waals surface area contributed by atoms with Gasteiger partial charge in [0.15, 0.2) is 0 Å². The molecule has 0 aromatic heterocycles. The summed E-state index contributed by atoms with van der Waals surface area (Å²) in [5.74, 6) is -0.816. The molecule has 0 radical (unpaired) electrons. The number of carbonyl (C=O) groups excluding carboxylic acids is 1. The molecule has 0 rings (SSSR count). The van der Waals surface area contributed by atoms with E-state index >= 15 is 0 Å². The fourth-order valence-corrected chi connectivity index (χ4v) is 2.84. The molecule has 0 aromatic rings. The van der Waals surface area contributed by atoms with Crippen LogP contribution in [-0.4, -0.2) is 48.4 Å². The summed E-state index contributed by atoms with van der Waals surface area (Å²) >= 11 is 0. The Bertz CT molecular complexity index is 442. The lowest BCUT2D eigenvalue weighted by molar-refractivity contribution is -0.149. The Labute approximate surface area is 121 Å². The molecule has 6 nitrogen and oxygen atoms in total. The Kier molecular flexibility index (Phi) is 7.40. The number of esters is 1. The molecule has 0 heterocycles. The van der Waals surface area contributed by atoms with E-state index in [-0.39, 0.29) is 18.5 Å². The molecule has 0 aliphatic carbocycles. The first-order valence-electron chi connectivity index (χ1n) is 6.71. The molecule has 7 heteroatoms. The van der Waals surface area contributed by atoms with Gasteiger partial charge in [-0.3, -0.25) is 9.45 Å². The van der Waals surface area contributed by atoms with E-state index in [1.165, 1.54) is 6.92 Å². The normalized spacial score (nSPS) is 14.9. The van der Waals surface area contributed by atoms with Crippen LogP contribution in [0.25, 0.3) is 0 Å². The van der Waals surface area contributed by atoms with Gasteiger partial charge in [0.25, 0.3) is 0 Å². The van der Waals surface area contributed by atoms with Gasteiger partial charge in [0, 0.05) is 12.0 Å². The standard InChI is InChI=1S/C13H25NO5S/c1-6-9-13(20(16,17)18,10-14(7-2)8-3)19-12(15)11(4)5/h4,6-10H2,1-3,5H3,(H,16,17,18). The first-order chi connectivity index (χ1) is 9.13. The quantitative estimate of drug-likeness (QED) is 0.397. The summed E-state index contributed by atoms with van der Waals surface area (Å²) in [5, 5.41) is 0. The molecular formula is C13H25NO5S. The van der Waals surface area contributed by atoms with Gasteiger partial charge in [-0.1, -0.05) is 33.8 Å². The van der Waals surface area contributed by atoms with Crippen LogP contribution >= 0.6 is 0 Å². The molecule has 118 valence electrons. The highest BCUT2D eigenvalue weighted by Gasteiger charge is 2.47. The van der Waals surface area contributed by atoms with E-state index in [4.69, 9.17) is 4.74 Å². The molecule has 0 aromatic carbocycles. The van der Waals surface area contributed by atoms with Crippen molar-refractivity contribution in [2.75, 3.05) is 19.6 Å². The average Bonchev–Trinajstić information content (AvgIpc) is 2.34. The van der Waals surface area contributed by atoms with E-state index in [0.717, 1.165) is 0 Å². The number of carbonyl (C=O) groups is 1. The lowest BCUT2D eigenvalue weighted by Gasteiger charge is -2.34. The Hall–Kier alpha value is -0.920. The zero-order chi connectivity index (χ0) is 16.0. The number of likely N-dealkylation sites (N-methyl/N-ethyl adjacent to an activating group) is 1. The maximum Gasteiger partial charge on any atom is 0.334 e. The van der Waals surface area contributed by atoms with Crippen LogP contribution in [0.2, 0.25) is 0 Å². The summed E-state index contributed by atoms with van der Waals surface area (Å²) < 4.78 is 38.3. The first kappa shape index (κ1) is 19.1. The maximum atomic E-state index is 11.8. The second kappa shape index (κ2) is 7.75. The van der Waals surface area contributed by atoms with Crippen molar-refractivity contribution in [3.63, 3.8) is 0 Å². The molecule has 0 spiro atoms. The second-order valence-electron chi connectivity index (χ2n) is 4.77. The predicted octanol–water partition coefficient (Wildman–Crippen LogP) is 1.83. The molecule has 0 aliphatic rings. The first-order valence-corrected chi connectivity index (χ1v) is 8.15. The fourth-order valence-electron chi connectivity index (χ4n) is 1.85. The molecule has 20 heavy (non-hydrogen) atoms. The Morgan fingerprint density at radius 2 is 1.80 bits per heavy atom. The van der Waals surface area contributed by atoms with Crippen LogP contribution in [0.15, 0.2) is 12.2 Å². The van der Waals surface area contributed by atoms with Crippen LogP contribution < -0.4 is 0 Å². The third-order valence-electron chi connectivity index (χ3n) is 3.09. The largest absolute Gasteiger partial charge is 0.435 e. The highest BCUT2D eigenvalue weighted by Crippen LogP contribution is 2.27. The summed E-state index contributed by atoms with van der Waals surface area (Å²) in [6.45, 7) is 11.5. The van der Waals surface area contributed by atoms with Gasteiger partial charge >= 0.3 is 16.1 Å². The van der Waals surface area contributed by atoms with Gasteiger partial charge in [-0.2, -0.15) is 8.42 Å². The molecule has 1 atom stereocenters. The van der Waals surface area contributed by atoms with Crippen molar-refractivity contribution in [1.29, 1.82) is 0 Å². The van der Waals surface area contributed by atoms with Crippen LogP contribution in [0.4, 0.5) is 0 Å². The topological polar surface area (TPSA) is 83.9 Å². The molecule has 0 saturated heterocycles. The van der Waals surface area contributed by atoms with Gasteiger partial charge in [0.2, 0.25) is 4.93 Å². The van der Waals surface area contributed by atoms with E-state index in [0.29, 0.717) is 19.5 Å². The van der Waals surface area contributed by atoms with Gasteiger partial charge in [-0.25, -0.2) is 4.79 Å². The Balaban J connectivity index is 5.59. The van der Waals surface area contributed by atoms with Gasteiger partial charge in [0.1, 0.15) is 0 Å². The van der Waals surface area contributed by atoms with Crippen LogP contribution in [0.3, 0.4) is 0 Å². The monoisotopic (exact) mass is 307 g/mol. The molecular weight excluding hydrogens is 282 g/mol. The third kappa shape index (κ3) is 4.88. The minimum absolute atomic E-state index is 0.0291. The van der Waals surface area contributed by atoms with Gasteiger partial charge in [-0.05, 0) is 20.0 Å². The van der Waals surface area contributed by atoms with Crippen molar-refractivity contribution < 1.29 is 22.5 Å². The number of hydrogen-bond donors (Lipinski definition) is 1. The zero-order valence-electron chi connectivity index (χ0n) is 12.7. The van der Waals surface area contributed by atoms with Gasteiger partial charge in [-0.15, -0.1) is 0 Å². The van der Waals surface area contributed by atoms with E-state index in [9.17, 15) is 17.8 Å².